The first kappa shape index (κ1) is 16.2. The van der Waals surface area contributed by atoms with Gasteiger partial charge in [0.2, 0.25) is 0 Å². The van der Waals surface area contributed by atoms with Crippen LogP contribution in [-0.2, 0) is 13.6 Å². The molecule has 0 spiro atoms. The van der Waals surface area contributed by atoms with Crippen LogP contribution in [-0.4, -0.2) is 22.2 Å². The van der Waals surface area contributed by atoms with E-state index in [2.05, 4.69) is 22.7 Å². The minimum atomic E-state index is -0.0125. The maximum atomic E-state index is 12.0. The number of hydrogen-bond donors (Lipinski definition) is 2. The van der Waals surface area contributed by atoms with Crippen molar-refractivity contribution in [1.29, 1.82) is 0 Å². The molecule has 1 aromatic carbocycles. The van der Waals surface area contributed by atoms with Gasteiger partial charge in [-0.1, -0.05) is 19.1 Å². The highest BCUT2D eigenvalue weighted by molar-refractivity contribution is 5.94. The minimum absolute atomic E-state index is 0.0125. The zero-order valence-electron chi connectivity index (χ0n) is 13.5. The van der Waals surface area contributed by atoms with Crippen LogP contribution in [0, 0.1) is 0 Å². The first-order valence-electron chi connectivity index (χ1n) is 7.70. The van der Waals surface area contributed by atoms with Crippen LogP contribution in [0.15, 0.2) is 36.5 Å². The Bertz CT molecular complexity index is 621. The van der Waals surface area contributed by atoms with Crippen LogP contribution in [0.1, 0.15) is 47.9 Å². The van der Waals surface area contributed by atoms with E-state index in [0.29, 0.717) is 18.7 Å². The van der Waals surface area contributed by atoms with Gasteiger partial charge in [-0.05, 0) is 37.1 Å². The molecule has 0 fully saturated rings. The molecule has 2 aromatic rings. The number of carbonyl (C=O) groups excluding carboxylic acids is 1. The Hall–Kier alpha value is -2.14. The predicted octanol–water partition coefficient (Wildman–Crippen LogP) is 2.41. The monoisotopic (exact) mass is 300 g/mol. The number of carbonyl (C=O) groups is 1. The third-order valence-corrected chi connectivity index (χ3v) is 3.51. The quantitative estimate of drug-likeness (QED) is 0.825. The molecule has 2 rings (SSSR count). The average molecular weight is 300 g/mol. The normalized spacial score (nSPS) is 12.1. The summed E-state index contributed by atoms with van der Waals surface area (Å²) < 4.78 is 1.80. The second-order valence-electron chi connectivity index (χ2n) is 5.47. The molecule has 0 radical (unpaired) electrons. The van der Waals surface area contributed by atoms with Crippen LogP contribution in [0.2, 0.25) is 0 Å². The zero-order valence-corrected chi connectivity index (χ0v) is 13.5. The fourth-order valence-corrected chi connectivity index (χ4v) is 2.20. The molecule has 1 atom stereocenters. The van der Waals surface area contributed by atoms with Crippen molar-refractivity contribution in [2.45, 2.75) is 32.9 Å². The van der Waals surface area contributed by atoms with Crippen molar-refractivity contribution < 1.29 is 4.79 Å². The molecule has 0 aliphatic rings. The van der Waals surface area contributed by atoms with Crippen LogP contribution in [0.25, 0.3) is 0 Å². The summed E-state index contributed by atoms with van der Waals surface area (Å²) in [6.45, 7) is 5.53. The molecule has 1 aromatic heterocycles. The number of benzene rings is 1. The molecule has 5 heteroatoms. The lowest BCUT2D eigenvalue weighted by molar-refractivity contribution is 0.0953. The molecule has 22 heavy (non-hydrogen) atoms. The lowest BCUT2D eigenvalue weighted by Crippen LogP contribution is -2.24. The Morgan fingerprint density at radius 2 is 2.18 bits per heavy atom. The Morgan fingerprint density at radius 3 is 2.86 bits per heavy atom. The fraction of sp³-hybridized carbons (Fsp3) is 0.412. The number of aryl methyl sites for hydroxylation is 1. The third-order valence-electron chi connectivity index (χ3n) is 3.51. The summed E-state index contributed by atoms with van der Waals surface area (Å²) in [5.74, 6) is -0.0125. The molecule has 1 amide bonds. The molecule has 2 N–H and O–H groups in total. The van der Waals surface area contributed by atoms with Crippen molar-refractivity contribution in [1.82, 2.24) is 20.4 Å². The molecule has 1 heterocycles. The van der Waals surface area contributed by atoms with Crippen molar-refractivity contribution >= 4 is 5.91 Å². The van der Waals surface area contributed by atoms with Gasteiger partial charge in [0, 0.05) is 37.9 Å². The molecule has 0 aliphatic heterocycles. The van der Waals surface area contributed by atoms with Gasteiger partial charge in [0.25, 0.3) is 5.91 Å². The Balaban J connectivity index is 1.94. The molecule has 0 saturated heterocycles. The van der Waals surface area contributed by atoms with Crippen LogP contribution < -0.4 is 10.6 Å². The largest absolute Gasteiger partial charge is 0.352 e. The van der Waals surface area contributed by atoms with Crippen molar-refractivity contribution in [3.63, 3.8) is 0 Å². The van der Waals surface area contributed by atoms with E-state index in [1.807, 2.05) is 50.5 Å². The Morgan fingerprint density at radius 1 is 1.36 bits per heavy atom. The Labute approximate surface area is 131 Å². The lowest BCUT2D eigenvalue weighted by atomic mass is 10.1. The maximum Gasteiger partial charge on any atom is 0.251 e. The summed E-state index contributed by atoms with van der Waals surface area (Å²) >= 11 is 0. The summed E-state index contributed by atoms with van der Waals surface area (Å²) in [6.07, 6.45) is 2.88. The number of nitrogens with one attached hydrogen (secondary N) is 2. The molecule has 5 nitrogen and oxygen atoms in total. The molecule has 118 valence electrons. The van der Waals surface area contributed by atoms with Crippen LogP contribution in [0.5, 0.6) is 0 Å². The summed E-state index contributed by atoms with van der Waals surface area (Å²) in [5.41, 5.74) is 2.81. The molecule has 1 unspecified atom stereocenters. The van der Waals surface area contributed by atoms with Crippen LogP contribution in [0.4, 0.5) is 0 Å². The second-order valence-corrected chi connectivity index (χ2v) is 5.47. The van der Waals surface area contributed by atoms with Gasteiger partial charge in [-0.25, -0.2) is 0 Å². The van der Waals surface area contributed by atoms with E-state index < -0.39 is 0 Å². The third kappa shape index (κ3) is 4.43. The van der Waals surface area contributed by atoms with Gasteiger partial charge in [0.05, 0.1) is 5.69 Å². The lowest BCUT2D eigenvalue weighted by Gasteiger charge is -2.12. The van der Waals surface area contributed by atoms with Gasteiger partial charge in [0.1, 0.15) is 0 Å². The Kier molecular flexibility index (Phi) is 5.72. The topological polar surface area (TPSA) is 59.0 Å². The second kappa shape index (κ2) is 7.75. The standard InChI is InChI=1S/C17H24N4O/c1-4-9-18-17(22)15-7-5-6-14(11-15)12-19-13(2)16-8-10-21(3)20-16/h5-8,10-11,13,19H,4,9,12H2,1-3H3,(H,18,22). The minimum Gasteiger partial charge on any atom is -0.352 e. The van der Waals surface area contributed by atoms with Crippen molar-refractivity contribution in [3.8, 4) is 0 Å². The number of hydrogen-bond acceptors (Lipinski definition) is 3. The van der Waals surface area contributed by atoms with Gasteiger partial charge in [0.15, 0.2) is 0 Å². The molecular weight excluding hydrogens is 276 g/mol. The van der Waals surface area contributed by atoms with Gasteiger partial charge in [-0.3, -0.25) is 9.48 Å². The number of nitrogens with zero attached hydrogens (tertiary/aromatic N) is 2. The smallest absolute Gasteiger partial charge is 0.251 e. The van der Waals surface area contributed by atoms with Crippen LogP contribution in [0.3, 0.4) is 0 Å². The fourth-order valence-electron chi connectivity index (χ4n) is 2.20. The molecule has 0 bridgehead atoms. The highest BCUT2D eigenvalue weighted by Gasteiger charge is 2.09. The van der Waals surface area contributed by atoms with Gasteiger partial charge in [-0.15, -0.1) is 0 Å². The van der Waals surface area contributed by atoms with E-state index in [0.717, 1.165) is 17.7 Å². The summed E-state index contributed by atoms with van der Waals surface area (Å²) in [5, 5.41) is 10.7. The highest BCUT2D eigenvalue weighted by atomic mass is 16.1. The molecule has 0 aliphatic carbocycles. The van der Waals surface area contributed by atoms with E-state index in [1.165, 1.54) is 0 Å². The summed E-state index contributed by atoms with van der Waals surface area (Å²) in [4.78, 5) is 12.0. The van der Waals surface area contributed by atoms with E-state index >= 15 is 0 Å². The van der Waals surface area contributed by atoms with Crippen molar-refractivity contribution in [3.05, 3.63) is 53.3 Å². The molecule has 0 saturated carbocycles. The van der Waals surface area contributed by atoms with E-state index in [-0.39, 0.29) is 11.9 Å². The average Bonchev–Trinajstić information content (AvgIpc) is 2.97. The zero-order chi connectivity index (χ0) is 15.9. The first-order chi connectivity index (χ1) is 10.6. The molecular formula is C17H24N4O. The van der Waals surface area contributed by atoms with Gasteiger partial charge >= 0.3 is 0 Å². The summed E-state index contributed by atoms with van der Waals surface area (Å²) in [7, 11) is 1.91. The highest BCUT2D eigenvalue weighted by Crippen LogP contribution is 2.11. The van der Waals surface area contributed by atoms with Gasteiger partial charge < -0.3 is 10.6 Å². The van der Waals surface area contributed by atoms with Crippen molar-refractivity contribution in [2.75, 3.05) is 6.54 Å². The number of amides is 1. The SMILES string of the molecule is CCCNC(=O)c1cccc(CNC(C)c2ccn(C)n2)c1. The van der Waals surface area contributed by atoms with E-state index in [4.69, 9.17) is 0 Å². The van der Waals surface area contributed by atoms with E-state index in [9.17, 15) is 4.79 Å². The maximum absolute atomic E-state index is 12.0. The predicted molar refractivity (Wildman–Crippen MR) is 87.5 cm³/mol. The van der Waals surface area contributed by atoms with E-state index in [1.54, 1.807) is 4.68 Å². The van der Waals surface area contributed by atoms with Crippen LogP contribution >= 0.6 is 0 Å². The van der Waals surface area contributed by atoms with Gasteiger partial charge in [-0.2, -0.15) is 5.10 Å². The summed E-state index contributed by atoms with van der Waals surface area (Å²) in [6, 6.07) is 9.89. The first-order valence-corrected chi connectivity index (χ1v) is 7.70. The number of aromatic nitrogens is 2. The van der Waals surface area contributed by atoms with Crippen molar-refractivity contribution in [2.24, 2.45) is 7.05 Å². The number of rotatable bonds is 7.